The Balaban J connectivity index is 1.94. The predicted molar refractivity (Wildman–Crippen MR) is 91.6 cm³/mol. The second kappa shape index (κ2) is 7.19. The summed E-state index contributed by atoms with van der Waals surface area (Å²) in [6.45, 7) is 5.43. The number of likely N-dealkylation sites (tertiary alicyclic amines) is 1. The van der Waals surface area contributed by atoms with Crippen LogP contribution in [0.5, 0.6) is 0 Å². The van der Waals surface area contributed by atoms with Crippen LogP contribution in [0.1, 0.15) is 83.5 Å². The van der Waals surface area contributed by atoms with E-state index in [0.29, 0.717) is 11.8 Å². The second-order valence-corrected chi connectivity index (χ2v) is 7.85. The van der Waals surface area contributed by atoms with Crippen LogP contribution in [0.15, 0.2) is 12.3 Å². The fourth-order valence-corrected chi connectivity index (χ4v) is 5.52. The minimum Gasteiger partial charge on any atom is -0.362 e. The van der Waals surface area contributed by atoms with Gasteiger partial charge in [0.2, 0.25) is 0 Å². The first kappa shape index (κ1) is 16.1. The molecule has 124 valence electrons. The van der Waals surface area contributed by atoms with Gasteiger partial charge in [-0.3, -0.25) is 0 Å². The molecule has 1 aliphatic heterocycles. The first-order chi connectivity index (χ1) is 10.8. The fraction of sp³-hybridized carbons (Fsp3) is 0.850. The molecular formula is C20H33NO. The highest BCUT2D eigenvalue weighted by Gasteiger charge is 2.50. The molecule has 2 saturated carbocycles. The number of allylic oxidation sites excluding steroid dienone is 1. The van der Waals surface area contributed by atoms with E-state index < -0.39 is 0 Å². The van der Waals surface area contributed by atoms with E-state index in [9.17, 15) is 4.79 Å². The molecule has 0 bridgehead atoms. The molecule has 0 unspecified atom stereocenters. The van der Waals surface area contributed by atoms with Crippen molar-refractivity contribution in [3.05, 3.63) is 12.3 Å². The quantitative estimate of drug-likeness (QED) is 0.675. The lowest BCUT2D eigenvalue weighted by molar-refractivity contribution is -0.129. The van der Waals surface area contributed by atoms with E-state index >= 15 is 0 Å². The molecule has 3 fully saturated rings. The molecule has 0 aromatic carbocycles. The minimum atomic E-state index is -0.224. The maximum Gasteiger partial charge on any atom is 0.146 e. The zero-order valence-corrected chi connectivity index (χ0v) is 14.2. The highest BCUT2D eigenvalue weighted by atomic mass is 16.1. The third-order valence-electron chi connectivity index (χ3n) is 6.65. The Kier molecular flexibility index (Phi) is 5.25. The molecule has 1 heterocycles. The lowest BCUT2D eigenvalue weighted by Gasteiger charge is -2.54. The van der Waals surface area contributed by atoms with Gasteiger partial charge >= 0.3 is 0 Å². The normalized spacial score (nSPS) is 26.2. The maximum absolute atomic E-state index is 12.6. The smallest absolute Gasteiger partial charge is 0.146 e. The molecule has 22 heavy (non-hydrogen) atoms. The maximum atomic E-state index is 12.6. The third-order valence-corrected chi connectivity index (χ3v) is 6.65. The van der Waals surface area contributed by atoms with Crippen LogP contribution in [0, 0.1) is 11.8 Å². The van der Waals surface area contributed by atoms with Crippen LogP contribution in [-0.4, -0.2) is 23.3 Å². The Labute approximate surface area is 136 Å². The van der Waals surface area contributed by atoms with E-state index in [-0.39, 0.29) is 5.54 Å². The molecule has 0 spiro atoms. The Morgan fingerprint density at radius 1 is 0.864 bits per heavy atom. The van der Waals surface area contributed by atoms with E-state index in [4.69, 9.17) is 0 Å². The molecule has 0 aromatic rings. The van der Waals surface area contributed by atoms with E-state index in [0.717, 1.165) is 13.0 Å². The highest BCUT2D eigenvalue weighted by molar-refractivity contribution is 5.66. The van der Waals surface area contributed by atoms with Gasteiger partial charge in [0.15, 0.2) is 0 Å². The number of nitrogens with zero attached hydrogens (tertiary/aromatic N) is 1. The van der Waals surface area contributed by atoms with Crippen LogP contribution in [0.2, 0.25) is 0 Å². The van der Waals surface area contributed by atoms with Gasteiger partial charge in [-0.25, -0.2) is 0 Å². The van der Waals surface area contributed by atoms with Crippen molar-refractivity contribution in [3.8, 4) is 0 Å². The summed E-state index contributed by atoms with van der Waals surface area (Å²) in [5, 5.41) is 0. The fourth-order valence-electron chi connectivity index (χ4n) is 5.52. The Hall–Kier alpha value is -0.790. The van der Waals surface area contributed by atoms with Gasteiger partial charge in [-0.15, -0.1) is 0 Å². The minimum absolute atomic E-state index is 0.224. The van der Waals surface area contributed by atoms with Crippen molar-refractivity contribution in [2.75, 3.05) is 6.54 Å². The number of carbonyl (C=O) groups excluding carboxylic acids is 1. The molecule has 0 radical (unpaired) electrons. The summed E-state index contributed by atoms with van der Waals surface area (Å²) >= 11 is 0. The molecule has 0 aromatic heterocycles. The SMILES string of the molecule is C=C1CCCCN1C(C=O)(C1CCCCC1)C1CCCCC1. The Morgan fingerprint density at radius 3 is 1.86 bits per heavy atom. The summed E-state index contributed by atoms with van der Waals surface area (Å²) < 4.78 is 0. The lowest BCUT2D eigenvalue weighted by Crippen LogP contribution is -2.61. The van der Waals surface area contributed by atoms with E-state index in [2.05, 4.69) is 11.5 Å². The first-order valence-electron chi connectivity index (χ1n) is 9.71. The first-order valence-corrected chi connectivity index (χ1v) is 9.71. The second-order valence-electron chi connectivity index (χ2n) is 7.85. The monoisotopic (exact) mass is 303 g/mol. The molecule has 0 amide bonds. The van der Waals surface area contributed by atoms with Crippen molar-refractivity contribution in [2.24, 2.45) is 11.8 Å². The van der Waals surface area contributed by atoms with Gasteiger partial charge in [0.05, 0.1) is 0 Å². The zero-order chi connectivity index (χ0) is 15.4. The van der Waals surface area contributed by atoms with Gasteiger partial charge in [0.25, 0.3) is 0 Å². The van der Waals surface area contributed by atoms with Gasteiger partial charge in [0, 0.05) is 12.2 Å². The van der Waals surface area contributed by atoms with Crippen LogP contribution in [0.25, 0.3) is 0 Å². The van der Waals surface area contributed by atoms with Crippen molar-refractivity contribution >= 4 is 6.29 Å². The molecule has 0 atom stereocenters. The van der Waals surface area contributed by atoms with Crippen LogP contribution >= 0.6 is 0 Å². The summed E-state index contributed by atoms with van der Waals surface area (Å²) in [7, 11) is 0. The molecule has 2 nitrogen and oxygen atoms in total. The van der Waals surface area contributed by atoms with Crippen LogP contribution in [0.3, 0.4) is 0 Å². The number of piperidine rings is 1. The highest BCUT2D eigenvalue weighted by Crippen LogP contribution is 2.47. The van der Waals surface area contributed by atoms with Crippen molar-refractivity contribution in [3.63, 3.8) is 0 Å². The number of aldehydes is 1. The Bertz CT molecular complexity index is 373. The summed E-state index contributed by atoms with van der Waals surface area (Å²) in [5.74, 6) is 1.13. The lowest BCUT2D eigenvalue weighted by atomic mass is 9.63. The average Bonchev–Trinajstić information content (AvgIpc) is 2.59. The largest absolute Gasteiger partial charge is 0.362 e. The van der Waals surface area contributed by atoms with Crippen LogP contribution < -0.4 is 0 Å². The summed E-state index contributed by atoms with van der Waals surface area (Å²) in [5.41, 5.74) is 1.02. The van der Waals surface area contributed by atoms with Gasteiger partial charge in [-0.05, 0) is 56.8 Å². The van der Waals surface area contributed by atoms with Crippen molar-refractivity contribution in [2.45, 2.75) is 89.0 Å². The van der Waals surface area contributed by atoms with Gasteiger partial charge < -0.3 is 9.69 Å². The van der Waals surface area contributed by atoms with Gasteiger partial charge in [0.1, 0.15) is 11.8 Å². The summed E-state index contributed by atoms with van der Waals surface area (Å²) in [4.78, 5) is 15.1. The van der Waals surface area contributed by atoms with Crippen LogP contribution in [0.4, 0.5) is 0 Å². The van der Waals surface area contributed by atoms with Gasteiger partial charge in [-0.2, -0.15) is 0 Å². The van der Waals surface area contributed by atoms with E-state index in [1.54, 1.807) is 0 Å². The molecule has 0 N–H and O–H groups in total. The molecule has 2 aliphatic carbocycles. The summed E-state index contributed by atoms with van der Waals surface area (Å²) in [6.07, 6.45) is 17.9. The number of hydrogen-bond donors (Lipinski definition) is 0. The molecular weight excluding hydrogens is 270 g/mol. The number of hydrogen-bond acceptors (Lipinski definition) is 2. The van der Waals surface area contributed by atoms with Gasteiger partial charge in [-0.1, -0.05) is 45.1 Å². The number of carbonyl (C=O) groups is 1. The summed E-state index contributed by atoms with van der Waals surface area (Å²) in [6, 6.07) is 0. The van der Waals surface area contributed by atoms with Crippen molar-refractivity contribution < 1.29 is 4.79 Å². The zero-order valence-electron chi connectivity index (χ0n) is 14.2. The van der Waals surface area contributed by atoms with Crippen molar-refractivity contribution in [1.29, 1.82) is 0 Å². The van der Waals surface area contributed by atoms with E-state index in [1.807, 2.05) is 0 Å². The molecule has 2 heteroatoms. The predicted octanol–water partition coefficient (Wildman–Crippen LogP) is 5.08. The Morgan fingerprint density at radius 2 is 1.41 bits per heavy atom. The molecule has 3 rings (SSSR count). The molecule has 3 aliphatic rings. The standard InChI is InChI=1S/C20H33NO/c1-17-10-8-9-15-21(17)20(16-22,18-11-4-2-5-12-18)19-13-6-3-7-14-19/h16,18-19H,1-15H2. The van der Waals surface area contributed by atoms with Crippen molar-refractivity contribution in [1.82, 2.24) is 4.90 Å². The third kappa shape index (κ3) is 2.86. The average molecular weight is 303 g/mol. The van der Waals surface area contributed by atoms with E-state index in [1.165, 1.54) is 89.0 Å². The topological polar surface area (TPSA) is 20.3 Å². The molecule has 1 saturated heterocycles. The van der Waals surface area contributed by atoms with Crippen LogP contribution in [-0.2, 0) is 4.79 Å². The number of rotatable bonds is 4.